The largest absolute Gasteiger partial charge is 0.322 e. The topological polar surface area (TPSA) is 51.1 Å². The molecule has 132 valence electrons. The molecule has 0 spiro atoms. The molecular weight excluding hydrogens is 336 g/mol. The summed E-state index contributed by atoms with van der Waals surface area (Å²) in [6.07, 6.45) is 1.76. The summed E-state index contributed by atoms with van der Waals surface area (Å²) in [7, 11) is 0. The summed E-state index contributed by atoms with van der Waals surface area (Å²) in [6.45, 7) is 0.497. The van der Waals surface area contributed by atoms with Gasteiger partial charge in [0.2, 0.25) is 0 Å². The molecule has 0 aliphatic carbocycles. The van der Waals surface area contributed by atoms with Crippen LogP contribution in [0.25, 0.3) is 10.8 Å². The SMILES string of the molecule is O=C(Nc1ccc(Cn2ccccc2=O)cc1)c1cccc2ccccc12. The van der Waals surface area contributed by atoms with Crippen molar-refractivity contribution in [2.75, 3.05) is 5.32 Å². The van der Waals surface area contributed by atoms with Crippen molar-refractivity contribution in [3.8, 4) is 0 Å². The van der Waals surface area contributed by atoms with Gasteiger partial charge in [-0.1, -0.05) is 54.6 Å². The predicted molar refractivity (Wildman–Crippen MR) is 108 cm³/mol. The number of aromatic nitrogens is 1. The highest BCUT2D eigenvalue weighted by atomic mass is 16.1. The summed E-state index contributed by atoms with van der Waals surface area (Å²) in [5.41, 5.74) is 2.32. The number of amides is 1. The van der Waals surface area contributed by atoms with Crippen LogP contribution in [0.3, 0.4) is 0 Å². The summed E-state index contributed by atoms with van der Waals surface area (Å²) < 4.78 is 1.64. The number of pyridine rings is 1. The minimum atomic E-state index is -0.140. The summed E-state index contributed by atoms with van der Waals surface area (Å²) >= 11 is 0. The highest BCUT2D eigenvalue weighted by Gasteiger charge is 2.10. The van der Waals surface area contributed by atoms with Crippen LogP contribution >= 0.6 is 0 Å². The van der Waals surface area contributed by atoms with Gasteiger partial charge in [-0.3, -0.25) is 9.59 Å². The predicted octanol–water partition coefficient (Wildman–Crippen LogP) is 4.30. The second-order valence-corrected chi connectivity index (χ2v) is 6.34. The second kappa shape index (κ2) is 7.30. The zero-order chi connectivity index (χ0) is 18.6. The lowest BCUT2D eigenvalue weighted by atomic mass is 10.0. The number of nitrogens with zero attached hydrogens (tertiary/aromatic N) is 1. The molecule has 0 aliphatic rings. The van der Waals surface area contributed by atoms with E-state index in [0.29, 0.717) is 12.1 Å². The molecule has 0 unspecified atom stereocenters. The highest BCUT2D eigenvalue weighted by Crippen LogP contribution is 2.20. The molecule has 4 aromatic rings. The van der Waals surface area contributed by atoms with Gasteiger partial charge in [-0.25, -0.2) is 0 Å². The molecule has 0 atom stereocenters. The third-order valence-electron chi connectivity index (χ3n) is 4.50. The van der Waals surface area contributed by atoms with E-state index in [0.717, 1.165) is 22.0 Å². The van der Waals surface area contributed by atoms with Crippen molar-refractivity contribution in [2.24, 2.45) is 0 Å². The van der Waals surface area contributed by atoms with Gasteiger partial charge in [-0.15, -0.1) is 0 Å². The van der Waals surface area contributed by atoms with Crippen molar-refractivity contribution in [3.63, 3.8) is 0 Å². The van der Waals surface area contributed by atoms with Crippen LogP contribution in [0, 0.1) is 0 Å². The first-order valence-corrected chi connectivity index (χ1v) is 8.74. The number of nitrogens with one attached hydrogen (secondary N) is 1. The number of anilines is 1. The number of hydrogen-bond donors (Lipinski definition) is 1. The first kappa shape index (κ1) is 16.8. The quantitative estimate of drug-likeness (QED) is 0.594. The Morgan fingerprint density at radius 1 is 0.815 bits per heavy atom. The van der Waals surface area contributed by atoms with Crippen LogP contribution < -0.4 is 10.9 Å². The lowest BCUT2D eigenvalue weighted by molar-refractivity contribution is 0.102. The Hall–Kier alpha value is -3.66. The van der Waals surface area contributed by atoms with E-state index in [1.165, 1.54) is 0 Å². The molecule has 1 heterocycles. The Balaban J connectivity index is 1.52. The van der Waals surface area contributed by atoms with Crippen molar-refractivity contribution in [3.05, 3.63) is 113 Å². The Morgan fingerprint density at radius 2 is 1.56 bits per heavy atom. The smallest absolute Gasteiger partial charge is 0.256 e. The third-order valence-corrected chi connectivity index (χ3v) is 4.50. The van der Waals surface area contributed by atoms with Gasteiger partial charge in [0.15, 0.2) is 0 Å². The van der Waals surface area contributed by atoms with E-state index in [4.69, 9.17) is 0 Å². The molecule has 1 amide bonds. The molecule has 0 saturated carbocycles. The summed E-state index contributed by atoms with van der Waals surface area (Å²) in [6, 6.07) is 26.2. The van der Waals surface area contributed by atoms with Gasteiger partial charge in [0.1, 0.15) is 0 Å². The monoisotopic (exact) mass is 354 g/mol. The Kier molecular flexibility index (Phi) is 4.54. The number of rotatable bonds is 4. The molecule has 1 aromatic heterocycles. The Morgan fingerprint density at radius 3 is 2.37 bits per heavy atom. The fourth-order valence-corrected chi connectivity index (χ4v) is 3.10. The van der Waals surface area contributed by atoms with E-state index >= 15 is 0 Å². The minimum Gasteiger partial charge on any atom is -0.322 e. The van der Waals surface area contributed by atoms with Crippen LogP contribution in [0.15, 0.2) is 95.9 Å². The minimum absolute atomic E-state index is 0.0363. The highest BCUT2D eigenvalue weighted by molar-refractivity contribution is 6.12. The first-order valence-electron chi connectivity index (χ1n) is 8.74. The van der Waals surface area contributed by atoms with Crippen molar-refractivity contribution in [1.82, 2.24) is 4.57 Å². The zero-order valence-corrected chi connectivity index (χ0v) is 14.6. The number of benzene rings is 3. The summed E-state index contributed by atoms with van der Waals surface area (Å²) in [5.74, 6) is -0.140. The van der Waals surface area contributed by atoms with Crippen LogP contribution in [-0.4, -0.2) is 10.5 Å². The van der Waals surface area contributed by atoms with E-state index in [2.05, 4.69) is 5.32 Å². The van der Waals surface area contributed by atoms with Crippen molar-refractivity contribution in [1.29, 1.82) is 0 Å². The van der Waals surface area contributed by atoms with E-state index < -0.39 is 0 Å². The number of carbonyl (C=O) groups is 1. The van der Waals surface area contributed by atoms with Crippen molar-refractivity contribution < 1.29 is 4.79 Å². The summed E-state index contributed by atoms with van der Waals surface area (Å²) in [5, 5.41) is 4.91. The molecule has 0 bridgehead atoms. The van der Waals surface area contributed by atoms with Crippen LogP contribution in [0.1, 0.15) is 15.9 Å². The molecule has 0 aliphatic heterocycles. The van der Waals surface area contributed by atoms with Crippen LogP contribution in [-0.2, 0) is 6.54 Å². The molecule has 1 N–H and O–H groups in total. The molecular formula is C23H18N2O2. The van der Waals surface area contributed by atoms with Crippen LogP contribution in [0.5, 0.6) is 0 Å². The van der Waals surface area contributed by atoms with Gasteiger partial charge in [0, 0.05) is 23.5 Å². The maximum Gasteiger partial charge on any atom is 0.256 e. The molecule has 0 radical (unpaired) electrons. The van der Waals surface area contributed by atoms with Gasteiger partial charge < -0.3 is 9.88 Å². The fourth-order valence-electron chi connectivity index (χ4n) is 3.10. The third kappa shape index (κ3) is 3.65. The normalized spacial score (nSPS) is 10.7. The number of fused-ring (bicyclic) bond motifs is 1. The van der Waals surface area contributed by atoms with Gasteiger partial charge in [0.25, 0.3) is 11.5 Å². The second-order valence-electron chi connectivity index (χ2n) is 6.34. The number of carbonyl (C=O) groups excluding carboxylic acids is 1. The van der Waals surface area contributed by atoms with E-state index in [1.807, 2.05) is 72.8 Å². The maximum atomic E-state index is 12.7. The van der Waals surface area contributed by atoms with Gasteiger partial charge in [-0.2, -0.15) is 0 Å². The molecule has 0 fully saturated rings. The Labute approximate surface area is 156 Å². The molecule has 4 nitrogen and oxygen atoms in total. The zero-order valence-electron chi connectivity index (χ0n) is 14.6. The lowest BCUT2D eigenvalue weighted by Gasteiger charge is -2.09. The number of hydrogen-bond acceptors (Lipinski definition) is 2. The standard InChI is InChI=1S/C23H18N2O2/c26-22-10-3-4-15-25(22)16-17-11-13-19(14-12-17)24-23(27)21-9-5-7-18-6-1-2-8-20(18)21/h1-15H,16H2,(H,24,27). The van der Waals surface area contributed by atoms with Gasteiger partial charge in [-0.05, 0) is 40.6 Å². The molecule has 27 heavy (non-hydrogen) atoms. The lowest BCUT2D eigenvalue weighted by Crippen LogP contribution is -2.18. The average Bonchev–Trinajstić information content (AvgIpc) is 2.70. The fraction of sp³-hybridized carbons (Fsp3) is 0.0435. The molecule has 4 rings (SSSR count). The molecule has 3 aromatic carbocycles. The van der Waals surface area contributed by atoms with Crippen LogP contribution in [0.4, 0.5) is 5.69 Å². The van der Waals surface area contributed by atoms with Crippen LogP contribution in [0.2, 0.25) is 0 Å². The first-order chi connectivity index (χ1) is 13.2. The molecule has 0 saturated heterocycles. The average molecular weight is 354 g/mol. The Bertz CT molecular complexity index is 1160. The van der Waals surface area contributed by atoms with E-state index in [-0.39, 0.29) is 11.5 Å². The van der Waals surface area contributed by atoms with Gasteiger partial charge >= 0.3 is 0 Å². The summed E-state index contributed by atoms with van der Waals surface area (Å²) in [4.78, 5) is 24.5. The van der Waals surface area contributed by atoms with Crippen molar-refractivity contribution >= 4 is 22.4 Å². The maximum absolute atomic E-state index is 12.7. The van der Waals surface area contributed by atoms with E-state index in [9.17, 15) is 9.59 Å². The van der Waals surface area contributed by atoms with Gasteiger partial charge in [0.05, 0.1) is 6.54 Å². The van der Waals surface area contributed by atoms with E-state index in [1.54, 1.807) is 22.9 Å². The van der Waals surface area contributed by atoms with Crippen molar-refractivity contribution in [2.45, 2.75) is 6.54 Å². The molecule has 4 heteroatoms.